The number of nitrogens with one attached hydrogen (secondary N) is 1. The quantitative estimate of drug-likeness (QED) is 0.571. The molecule has 0 aliphatic heterocycles. The normalized spacial score (nSPS) is 11.7. The van der Waals surface area contributed by atoms with Gasteiger partial charge in [0.15, 0.2) is 11.7 Å². The Morgan fingerprint density at radius 3 is 2.53 bits per heavy atom. The number of carbonyl (C=O) groups excluding carboxylic acids is 1. The summed E-state index contributed by atoms with van der Waals surface area (Å²) in [5, 5.41) is 2.73. The zero-order valence-electron chi connectivity index (χ0n) is 18.1. The van der Waals surface area contributed by atoms with Gasteiger partial charge in [-0.15, -0.1) is 0 Å². The fraction of sp³-hybridized carbons (Fsp3) is 0.273. The number of hydrogen-bond donors (Lipinski definition) is 1. The van der Waals surface area contributed by atoms with Crippen LogP contribution in [0.1, 0.15) is 23.4 Å². The number of anilines is 1. The SMILES string of the molecule is Cc1cc(S(=O)(=O)N(C)C)cc(NC(=O)CCc2ncc(-c3ccc(F)cc3F)o2)c1C. The Hall–Kier alpha value is -3.11. The van der Waals surface area contributed by atoms with Crippen molar-refractivity contribution >= 4 is 21.6 Å². The van der Waals surface area contributed by atoms with Gasteiger partial charge in [-0.25, -0.2) is 26.5 Å². The second-order valence-corrected chi connectivity index (χ2v) is 9.64. The molecule has 7 nitrogen and oxygen atoms in total. The highest BCUT2D eigenvalue weighted by atomic mass is 32.2. The molecular formula is C22H23F2N3O4S. The molecule has 1 amide bonds. The first kappa shape index (κ1) is 23.6. The van der Waals surface area contributed by atoms with E-state index in [9.17, 15) is 22.0 Å². The molecule has 0 radical (unpaired) electrons. The molecule has 0 fully saturated rings. The summed E-state index contributed by atoms with van der Waals surface area (Å²) in [6, 6.07) is 6.10. The third-order valence-electron chi connectivity index (χ3n) is 5.01. The number of benzene rings is 2. The second kappa shape index (κ2) is 9.17. The van der Waals surface area contributed by atoms with Crippen LogP contribution < -0.4 is 5.32 Å². The van der Waals surface area contributed by atoms with Gasteiger partial charge in [0.2, 0.25) is 15.9 Å². The summed E-state index contributed by atoms with van der Waals surface area (Å²) in [5.41, 5.74) is 1.94. The van der Waals surface area contributed by atoms with Crippen LogP contribution in [0.4, 0.5) is 14.5 Å². The van der Waals surface area contributed by atoms with E-state index in [1.54, 1.807) is 19.9 Å². The summed E-state index contributed by atoms with van der Waals surface area (Å²) >= 11 is 0. The second-order valence-electron chi connectivity index (χ2n) is 7.49. The first-order valence-electron chi connectivity index (χ1n) is 9.73. The monoisotopic (exact) mass is 463 g/mol. The summed E-state index contributed by atoms with van der Waals surface area (Å²) in [6.07, 6.45) is 1.46. The lowest BCUT2D eigenvalue weighted by Crippen LogP contribution is -2.23. The summed E-state index contributed by atoms with van der Waals surface area (Å²) in [5.74, 6) is -1.49. The zero-order chi connectivity index (χ0) is 23.6. The van der Waals surface area contributed by atoms with Crippen LogP contribution in [0, 0.1) is 25.5 Å². The lowest BCUT2D eigenvalue weighted by atomic mass is 10.1. The number of nitrogens with zero attached hydrogens (tertiary/aromatic N) is 2. The number of hydrogen-bond acceptors (Lipinski definition) is 5. The molecule has 0 bridgehead atoms. The molecule has 3 rings (SSSR count). The van der Waals surface area contributed by atoms with Gasteiger partial charge in [0, 0.05) is 38.7 Å². The molecule has 0 saturated carbocycles. The minimum Gasteiger partial charge on any atom is -0.441 e. The topological polar surface area (TPSA) is 92.5 Å². The molecule has 1 heterocycles. The fourth-order valence-electron chi connectivity index (χ4n) is 2.99. The van der Waals surface area contributed by atoms with Crippen LogP contribution in [0.5, 0.6) is 0 Å². The molecule has 0 atom stereocenters. The summed E-state index contributed by atoms with van der Waals surface area (Å²) in [7, 11) is -0.785. The molecule has 2 aromatic carbocycles. The van der Waals surface area contributed by atoms with Crippen LogP contribution in [-0.4, -0.2) is 37.7 Å². The van der Waals surface area contributed by atoms with E-state index in [0.717, 1.165) is 27.6 Å². The standard InChI is InChI=1S/C22H23F2N3O4S/c1-13-9-16(32(29,30)27(3)4)11-19(14(13)2)26-21(28)7-8-22-25-12-20(31-22)17-6-5-15(23)10-18(17)24/h5-6,9-12H,7-8H2,1-4H3,(H,26,28). The van der Waals surface area contributed by atoms with Crippen molar-refractivity contribution in [2.45, 2.75) is 31.6 Å². The van der Waals surface area contributed by atoms with E-state index in [0.29, 0.717) is 5.69 Å². The number of aryl methyl sites for hydroxylation is 2. The van der Waals surface area contributed by atoms with Crippen LogP contribution in [0.15, 0.2) is 45.8 Å². The molecule has 0 aliphatic carbocycles. The van der Waals surface area contributed by atoms with Crippen LogP contribution in [0.2, 0.25) is 0 Å². The first-order chi connectivity index (χ1) is 15.0. The minimum atomic E-state index is -3.66. The van der Waals surface area contributed by atoms with Gasteiger partial charge < -0.3 is 9.73 Å². The average molecular weight is 464 g/mol. The number of halogens is 2. The van der Waals surface area contributed by atoms with Crippen molar-refractivity contribution in [2.24, 2.45) is 0 Å². The third kappa shape index (κ3) is 5.03. The molecular weight excluding hydrogens is 440 g/mol. The van der Waals surface area contributed by atoms with Crippen LogP contribution in [0.3, 0.4) is 0 Å². The molecule has 1 aromatic heterocycles. The molecule has 1 N–H and O–H groups in total. The minimum absolute atomic E-state index is 0.00893. The Balaban J connectivity index is 1.71. The Kier molecular flexibility index (Phi) is 6.75. The molecule has 10 heteroatoms. The lowest BCUT2D eigenvalue weighted by molar-refractivity contribution is -0.116. The average Bonchev–Trinajstić information content (AvgIpc) is 3.18. The molecule has 170 valence electrons. The van der Waals surface area contributed by atoms with E-state index in [1.807, 2.05) is 0 Å². The Labute approximate surface area is 185 Å². The molecule has 0 unspecified atom stereocenters. The number of oxazole rings is 1. The van der Waals surface area contributed by atoms with Crippen molar-refractivity contribution in [1.29, 1.82) is 0 Å². The highest BCUT2D eigenvalue weighted by molar-refractivity contribution is 7.89. The maximum atomic E-state index is 13.9. The fourth-order valence-corrected chi connectivity index (χ4v) is 4.00. The molecule has 0 aliphatic rings. The summed E-state index contributed by atoms with van der Waals surface area (Å²) < 4.78 is 58.5. The van der Waals surface area contributed by atoms with Crippen LogP contribution in [-0.2, 0) is 21.2 Å². The van der Waals surface area contributed by atoms with Gasteiger partial charge in [-0.05, 0) is 49.2 Å². The van der Waals surface area contributed by atoms with E-state index < -0.39 is 21.7 Å². The maximum absolute atomic E-state index is 13.9. The summed E-state index contributed by atoms with van der Waals surface area (Å²) in [6.45, 7) is 3.55. The number of carbonyl (C=O) groups is 1. The number of aromatic nitrogens is 1. The van der Waals surface area contributed by atoms with Crippen molar-refractivity contribution in [1.82, 2.24) is 9.29 Å². The van der Waals surface area contributed by atoms with E-state index in [-0.39, 0.29) is 40.9 Å². The van der Waals surface area contributed by atoms with Gasteiger partial charge in [-0.2, -0.15) is 0 Å². The van der Waals surface area contributed by atoms with Crippen molar-refractivity contribution in [3.8, 4) is 11.3 Å². The van der Waals surface area contributed by atoms with Crippen LogP contribution >= 0.6 is 0 Å². The number of sulfonamides is 1. The molecule has 0 saturated heterocycles. The first-order valence-corrected chi connectivity index (χ1v) is 11.2. The molecule has 3 aromatic rings. The van der Waals surface area contributed by atoms with E-state index >= 15 is 0 Å². The van der Waals surface area contributed by atoms with Crippen molar-refractivity contribution in [2.75, 3.05) is 19.4 Å². The Morgan fingerprint density at radius 2 is 1.88 bits per heavy atom. The van der Waals surface area contributed by atoms with E-state index in [1.165, 1.54) is 32.4 Å². The van der Waals surface area contributed by atoms with Gasteiger partial charge in [0.25, 0.3) is 0 Å². The van der Waals surface area contributed by atoms with Crippen molar-refractivity contribution in [3.05, 3.63) is 65.2 Å². The van der Waals surface area contributed by atoms with Gasteiger partial charge >= 0.3 is 0 Å². The molecule has 32 heavy (non-hydrogen) atoms. The van der Waals surface area contributed by atoms with Crippen molar-refractivity contribution in [3.63, 3.8) is 0 Å². The van der Waals surface area contributed by atoms with Gasteiger partial charge in [-0.1, -0.05) is 0 Å². The van der Waals surface area contributed by atoms with E-state index in [4.69, 9.17) is 4.42 Å². The zero-order valence-corrected chi connectivity index (χ0v) is 18.9. The highest BCUT2D eigenvalue weighted by Crippen LogP contribution is 2.27. The van der Waals surface area contributed by atoms with Gasteiger partial charge in [0.1, 0.15) is 11.6 Å². The smallest absolute Gasteiger partial charge is 0.242 e. The Morgan fingerprint density at radius 1 is 1.16 bits per heavy atom. The van der Waals surface area contributed by atoms with E-state index in [2.05, 4.69) is 10.3 Å². The van der Waals surface area contributed by atoms with Crippen LogP contribution in [0.25, 0.3) is 11.3 Å². The van der Waals surface area contributed by atoms with Gasteiger partial charge in [0.05, 0.1) is 16.7 Å². The third-order valence-corrected chi connectivity index (χ3v) is 6.80. The molecule has 0 spiro atoms. The lowest BCUT2D eigenvalue weighted by Gasteiger charge is -2.16. The predicted molar refractivity (Wildman–Crippen MR) is 116 cm³/mol. The number of amides is 1. The maximum Gasteiger partial charge on any atom is 0.242 e. The summed E-state index contributed by atoms with van der Waals surface area (Å²) in [4.78, 5) is 16.6. The van der Waals surface area contributed by atoms with Gasteiger partial charge in [-0.3, -0.25) is 4.79 Å². The number of rotatable bonds is 7. The Bertz CT molecular complexity index is 1270. The highest BCUT2D eigenvalue weighted by Gasteiger charge is 2.20. The predicted octanol–water partition coefficient (Wildman–Crippen LogP) is 4.06. The largest absolute Gasteiger partial charge is 0.441 e. The van der Waals surface area contributed by atoms with Crippen molar-refractivity contribution < 1.29 is 26.4 Å².